The summed E-state index contributed by atoms with van der Waals surface area (Å²) in [5, 5.41) is 2.71. The van der Waals surface area contributed by atoms with Gasteiger partial charge in [0.1, 0.15) is 6.04 Å². The van der Waals surface area contributed by atoms with E-state index in [0.29, 0.717) is 0 Å². The highest BCUT2D eigenvalue weighted by Crippen LogP contribution is 2.28. The minimum absolute atomic E-state index is 0.271. The average molecular weight is 297 g/mol. The fourth-order valence-electron chi connectivity index (χ4n) is 2.52. The molecular weight excluding hydrogens is 278 g/mol. The van der Waals surface area contributed by atoms with Crippen molar-refractivity contribution >= 4 is 11.9 Å². The van der Waals surface area contributed by atoms with Crippen LogP contribution in [0.15, 0.2) is 60.7 Å². The molecule has 2 rings (SSSR count). The Hall–Kier alpha value is -2.62. The molecule has 2 aromatic carbocycles. The number of carbonyl (C=O) groups excluding carboxylic acids is 2. The van der Waals surface area contributed by atoms with Crippen LogP contribution in [-0.2, 0) is 14.3 Å². The lowest BCUT2D eigenvalue weighted by Crippen LogP contribution is -2.45. The molecule has 1 N–H and O–H groups in total. The zero-order valence-corrected chi connectivity index (χ0v) is 12.7. The summed E-state index contributed by atoms with van der Waals surface area (Å²) in [4.78, 5) is 23.7. The monoisotopic (exact) mass is 297 g/mol. The molecule has 0 spiro atoms. The SMILES string of the molecule is COC(=O)C(NC(C)=O)C(c1ccccc1)c1ccccc1. The number of amides is 1. The second-order valence-electron chi connectivity index (χ2n) is 5.00. The van der Waals surface area contributed by atoms with Gasteiger partial charge in [-0.25, -0.2) is 4.79 Å². The molecule has 0 saturated carbocycles. The zero-order chi connectivity index (χ0) is 15.9. The standard InChI is InChI=1S/C18H19NO3/c1-13(20)19-17(18(21)22-2)16(14-9-5-3-6-10-14)15-11-7-4-8-12-15/h3-12,16-17H,1-2H3,(H,19,20). The van der Waals surface area contributed by atoms with E-state index in [1.165, 1.54) is 14.0 Å². The summed E-state index contributed by atoms with van der Waals surface area (Å²) >= 11 is 0. The number of methoxy groups -OCH3 is 1. The van der Waals surface area contributed by atoms with Crippen molar-refractivity contribution in [3.8, 4) is 0 Å². The minimum atomic E-state index is -0.771. The maximum Gasteiger partial charge on any atom is 0.329 e. The summed E-state index contributed by atoms with van der Waals surface area (Å²) in [6.45, 7) is 1.39. The highest BCUT2D eigenvalue weighted by atomic mass is 16.5. The first-order valence-corrected chi connectivity index (χ1v) is 7.08. The normalized spacial score (nSPS) is 11.8. The first-order chi connectivity index (χ1) is 10.6. The number of rotatable bonds is 5. The van der Waals surface area contributed by atoms with Crippen LogP contribution in [0.1, 0.15) is 24.0 Å². The van der Waals surface area contributed by atoms with Crippen LogP contribution in [0.4, 0.5) is 0 Å². The van der Waals surface area contributed by atoms with Gasteiger partial charge in [-0.3, -0.25) is 4.79 Å². The molecule has 1 atom stereocenters. The lowest BCUT2D eigenvalue weighted by atomic mass is 9.85. The molecule has 0 fully saturated rings. The van der Waals surface area contributed by atoms with E-state index in [1.54, 1.807) is 0 Å². The molecule has 4 nitrogen and oxygen atoms in total. The molecule has 0 radical (unpaired) electrons. The van der Waals surface area contributed by atoms with Crippen molar-refractivity contribution in [3.63, 3.8) is 0 Å². The predicted molar refractivity (Wildman–Crippen MR) is 84.3 cm³/mol. The quantitative estimate of drug-likeness (QED) is 0.863. The number of esters is 1. The number of nitrogens with one attached hydrogen (secondary N) is 1. The van der Waals surface area contributed by atoms with Crippen LogP contribution in [0.2, 0.25) is 0 Å². The molecule has 0 aliphatic carbocycles. The largest absolute Gasteiger partial charge is 0.467 e. The van der Waals surface area contributed by atoms with Gasteiger partial charge in [0, 0.05) is 12.8 Å². The van der Waals surface area contributed by atoms with E-state index >= 15 is 0 Å². The summed E-state index contributed by atoms with van der Waals surface area (Å²) in [5.74, 6) is -1.04. The summed E-state index contributed by atoms with van der Waals surface area (Å²) in [5.41, 5.74) is 1.88. The van der Waals surface area contributed by atoms with Crippen LogP contribution in [-0.4, -0.2) is 25.0 Å². The Morgan fingerprint density at radius 3 is 1.73 bits per heavy atom. The Labute approximate surface area is 130 Å². The van der Waals surface area contributed by atoms with E-state index in [0.717, 1.165) is 11.1 Å². The first kappa shape index (κ1) is 15.8. The van der Waals surface area contributed by atoms with Crippen LogP contribution >= 0.6 is 0 Å². The molecule has 114 valence electrons. The van der Waals surface area contributed by atoms with Gasteiger partial charge in [0.2, 0.25) is 5.91 Å². The third kappa shape index (κ3) is 3.73. The smallest absolute Gasteiger partial charge is 0.329 e. The third-order valence-corrected chi connectivity index (χ3v) is 3.46. The molecule has 4 heteroatoms. The van der Waals surface area contributed by atoms with Gasteiger partial charge >= 0.3 is 5.97 Å². The lowest BCUT2D eigenvalue weighted by Gasteiger charge is -2.26. The fraction of sp³-hybridized carbons (Fsp3) is 0.222. The Kier molecular flexibility index (Phi) is 5.31. The van der Waals surface area contributed by atoms with E-state index in [1.807, 2.05) is 60.7 Å². The highest BCUT2D eigenvalue weighted by Gasteiger charge is 2.32. The van der Waals surface area contributed by atoms with Gasteiger partial charge in [0.15, 0.2) is 0 Å². The fourth-order valence-corrected chi connectivity index (χ4v) is 2.52. The van der Waals surface area contributed by atoms with Crippen LogP contribution < -0.4 is 5.32 Å². The Bertz CT molecular complexity index is 586. The molecule has 0 aliphatic heterocycles. The van der Waals surface area contributed by atoms with Crippen LogP contribution in [0.5, 0.6) is 0 Å². The highest BCUT2D eigenvalue weighted by molar-refractivity contribution is 5.84. The Balaban J connectivity index is 2.50. The summed E-state index contributed by atoms with van der Waals surface area (Å²) < 4.78 is 4.88. The molecule has 0 bridgehead atoms. The van der Waals surface area contributed by atoms with Crippen molar-refractivity contribution in [3.05, 3.63) is 71.8 Å². The van der Waals surface area contributed by atoms with E-state index in [2.05, 4.69) is 5.32 Å². The van der Waals surface area contributed by atoms with E-state index in [4.69, 9.17) is 4.74 Å². The molecule has 2 aromatic rings. The number of ether oxygens (including phenoxy) is 1. The number of hydrogen-bond acceptors (Lipinski definition) is 3. The lowest BCUT2D eigenvalue weighted by molar-refractivity contribution is -0.145. The van der Waals surface area contributed by atoms with Gasteiger partial charge in [-0.2, -0.15) is 0 Å². The van der Waals surface area contributed by atoms with Crippen molar-refractivity contribution < 1.29 is 14.3 Å². The van der Waals surface area contributed by atoms with Crippen LogP contribution in [0.25, 0.3) is 0 Å². The van der Waals surface area contributed by atoms with Crippen LogP contribution in [0.3, 0.4) is 0 Å². The third-order valence-electron chi connectivity index (χ3n) is 3.46. The molecule has 0 aromatic heterocycles. The van der Waals surface area contributed by atoms with Crippen molar-refractivity contribution in [1.82, 2.24) is 5.32 Å². The van der Waals surface area contributed by atoms with Gasteiger partial charge in [0.25, 0.3) is 0 Å². The summed E-state index contributed by atoms with van der Waals surface area (Å²) in [7, 11) is 1.32. The molecule has 1 unspecified atom stereocenters. The topological polar surface area (TPSA) is 55.4 Å². The molecular formula is C18H19NO3. The van der Waals surface area contributed by atoms with Gasteiger partial charge in [-0.15, -0.1) is 0 Å². The second kappa shape index (κ2) is 7.41. The van der Waals surface area contributed by atoms with Crippen molar-refractivity contribution in [2.75, 3.05) is 7.11 Å². The number of hydrogen-bond donors (Lipinski definition) is 1. The maximum absolute atomic E-state index is 12.2. The minimum Gasteiger partial charge on any atom is -0.467 e. The molecule has 0 heterocycles. The Morgan fingerprint density at radius 1 is 0.909 bits per heavy atom. The van der Waals surface area contributed by atoms with Gasteiger partial charge < -0.3 is 10.1 Å². The van der Waals surface area contributed by atoms with Crippen molar-refractivity contribution in [2.45, 2.75) is 18.9 Å². The summed E-state index contributed by atoms with van der Waals surface area (Å²) in [6.07, 6.45) is 0. The zero-order valence-electron chi connectivity index (χ0n) is 12.7. The predicted octanol–water partition coefficient (Wildman–Crippen LogP) is 2.50. The number of carbonyl (C=O) groups is 2. The van der Waals surface area contributed by atoms with Gasteiger partial charge in [-0.1, -0.05) is 60.7 Å². The maximum atomic E-state index is 12.2. The molecule has 1 amide bonds. The molecule has 0 saturated heterocycles. The van der Waals surface area contributed by atoms with Gasteiger partial charge in [0.05, 0.1) is 7.11 Å². The number of benzene rings is 2. The average Bonchev–Trinajstić information content (AvgIpc) is 2.55. The van der Waals surface area contributed by atoms with Crippen molar-refractivity contribution in [2.24, 2.45) is 0 Å². The van der Waals surface area contributed by atoms with E-state index in [9.17, 15) is 9.59 Å². The van der Waals surface area contributed by atoms with Gasteiger partial charge in [-0.05, 0) is 11.1 Å². The van der Waals surface area contributed by atoms with Crippen molar-refractivity contribution in [1.29, 1.82) is 0 Å². The van der Waals surface area contributed by atoms with Crippen LogP contribution in [0, 0.1) is 0 Å². The summed E-state index contributed by atoms with van der Waals surface area (Å²) in [6, 6.07) is 18.5. The first-order valence-electron chi connectivity index (χ1n) is 7.08. The molecule has 0 aliphatic rings. The van der Waals surface area contributed by atoms with E-state index < -0.39 is 12.0 Å². The molecule has 22 heavy (non-hydrogen) atoms. The second-order valence-corrected chi connectivity index (χ2v) is 5.00. The van der Waals surface area contributed by atoms with E-state index in [-0.39, 0.29) is 11.8 Å². The Morgan fingerprint density at radius 2 is 1.36 bits per heavy atom.